The second kappa shape index (κ2) is 14.1. The number of amides is 4. The van der Waals surface area contributed by atoms with Crippen molar-refractivity contribution in [1.82, 2.24) is 9.99 Å². The number of hydrogen-bond donors (Lipinski definition) is 2. The lowest BCUT2D eigenvalue weighted by Gasteiger charge is -2.50. The summed E-state index contributed by atoms with van der Waals surface area (Å²) in [7, 11) is 1.30. The molecule has 17 heteroatoms. The van der Waals surface area contributed by atoms with Gasteiger partial charge >= 0.3 is 6.18 Å². The first-order valence-electron chi connectivity index (χ1n) is 17.9. The topological polar surface area (TPSA) is 146 Å². The van der Waals surface area contributed by atoms with Crippen molar-refractivity contribution in [2.75, 3.05) is 17.4 Å². The molecule has 6 atom stereocenters. The van der Waals surface area contributed by atoms with Gasteiger partial charge in [-0.3, -0.25) is 34.3 Å². The van der Waals surface area contributed by atoms with Gasteiger partial charge in [0, 0.05) is 22.7 Å². The molecule has 11 nitrogen and oxygen atoms in total. The Bertz CT molecular complexity index is 2480. The number of fused-ring (bicyclic) bond motifs is 4. The number of halogens is 6. The van der Waals surface area contributed by atoms with E-state index >= 15 is 4.79 Å². The molecule has 298 valence electrons. The van der Waals surface area contributed by atoms with E-state index in [1.165, 1.54) is 62.6 Å². The van der Waals surface area contributed by atoms with Gasteiger partial charge in [-0.15, -0.1) is 0 Å². The highest BCUT2D eigenvalue weighted by Crippen LogP contribution is 2.65. The fraction of sp³-hybridized carbons (Fsp3) is 0.268. The second-order valence-corrected chi connectivity index (χ2v) is 15.8. The Hall–Kier alpha value is -5.44. The summed E-state index contributed by atoms with van der Waals surface area (Å²) < 4.78 is 46.0. The molecule has 4 amide bonds. The SMILES string of the molecule is COc1cc([C@H]2C3=CC[C@@H]4C(=O)N(c5ccc(C(C)=O)cc5)C(=O)[C@@H]4[C@@H]3C[C@H]3C(=O)N(Nc4ncc(C(F)(F)F)cc4Cl)C(=O)[C@@]23c2ccc(Cl)cc2)cc(Cl)c1O. The molecule has 2 N–H and O–H groups in total. The molecule has 4 aliphatic rings. The molecule has 3 fully saturated rings. The summed E-state index contributed by atoms with van der Waals surface area (Å²) in [6.45, 7) is 1.39. The maximum absolute atomic E-state index is 15.4. The third-order valence-electron chi connectivity index (χ3n) is 11.7. The number of phenols is 1. The third-order valence-corrected chi connectivity index (χ3v) is 12.5. The van der Waals surface area contributed by atoms with E-state index in [-0.39, 0.29) is 35.1 Å². The number of Topliss-reactive ketones (excluding diaryl/α,β-unsaturated/α-hetero) is 1. The zero-order chi connectivity index (χ0) is 41.6. The predicted molar refractivity (Wildman–Crippen MR) is 205 cm³/mol. The van der Waals surface area contributed by atoms with Crippen molar-refractivity contribution in [2.24, 2.45) is 23.7 Å². The highest BCUT2D eigenvalue weighted by molar-refractivity contribution is 6.33. The fourth-order valence-corrected chi connectivity index (χ4v) is 9.73. The van der Waals surface area contributed by atoms with E-state index < -0.39 is 87.0 Å². The number of phenolic OH excluding ortho intramolecular Hbond substituents is 1. The highest BCUT2D eigenvalue weighted by Gasteiger charge is 2.70. The maximum Gasteiger partial charge on any atom is 0.417 e. The molecule has 2 aliphatic carbocycles. The average Bonchev–Trinajstić information content (AvgIpc) is 3.57. The van der Waals surface area contributed by atoms with Crippen molar-refractivity contribution < 1.29 is 47.0 Å². The van der Waals surface area contributed by atoms with Gasteiger partial charge < -0.3 is 9.84 Å². The van der Waals surface area contributed by atoms with Crippen molar-refractivity contribution >= 4 is 75.7 Å². The van der Waals surface area contributed by atoms with E-state index in [1.807, 2.05) is 0 Å². The minimum Gasteiger partial charge on any atom is -0.503 e. The van der Waals surface area contributed by atoms with Crippen LogP contribution in [0.3, 0.4) is 0 Å². The van der Waals surface area contributed by atoms with Crippen LogP contribution in [-0.4, -0.2) is 51.6 Å². The molecule has 2 aliphatic heterocycles. The van der Waals surface area contributed by atoms with E-state index in [2.05, 4.69) is 10.4 Å². The van der Waals surface area contributed by atoms with E-state index in [0.717, 1.165) is 4.90 Å². The van der Waals surface area contributed by atoms with E-state index in [4.69, 9.17) is 39.5 Å². The molecule has 8 rings (SSSR count). The number of carbonyl (C=O) groups excluding carboxylic acids is 5. The van der Waals surface area contributed by atoms with Crippen molar-refractivity contribution in [3.05, 3.63) is 122 Å². The Morgan fingerprint density at radius 2 is 1.62 bits per heavy atom. The number of rotatable bonds is 7. The largest absolute Gasteiger partial charge is 0.503 e. The van der Waals surface area contributed by atoms with Gasteiger partial charge in [-0.05, 0) is 91.4 Å². The average molecular weight is 854 g/mol. The van der Waals surface area contributed by atoms with Gasteiger partial charge in [-0.2, -0.15) is 18.2 Å². The number of ketones is 1. The summed E-state index contributed by atoms with van der Waals surface area (Å²) in [6, 6.07) is 15.8. The monoisotopic (exact) mass is 852 g/mol. The first kappa shape index (κ1) is 39.4. The fourth-order valence-electron chi connectivity index (χ4n) is 9.17. The van der Waals surface area contributed by atoms with E-state index in [9.17, 15) is 37.5 Å². The summed E-state index contributed by atoms with van der Waals surface area (Å²) in [6.07, 6.45) is -2.51. The van der Waals surface area contributed by atoms with Crippen molar-refractivity contribution in [3.63, 3.8) is 0 Å². The first-order valence-corrected chi connectivity index (χ1v) is 19.0. The van der Waals surface area contributed by atoms with Crippen LogP contribution < -0.4 is 15.1 Å². The zero-order valence-corrected chi connectivity index (χ0v) is 32.6. The van der Waals surface area contributed by atoms with Crippen LogP contribution in [0, 0.1) is 23.7 Å². The van der Waals surface area contributed by atoms with Gasteiger partial charge in [-0.1, -0.05) is 58.6 Å². The van der Waals surface area contributed by atoms with Crippen LogP contribution in [0.25, 0.3) is 0 Å². The second-order valence-electron chi connectivity index (χ2n) is 14.6. The normalized spacial score (nSPS) is 25.3. The summed E-state index contributed by atoms with van der Waals surface area (Å²) in [5, 5.41) is 11.1. The third kappa shape index (κ3) is 5.94. The number of benzene rings is 3. The van der Waals surface area contributed by atoms with Gasteiger partial charge in [-0.25, -0.2) is 4.98 Å². The summed E-state index contributed by atoms with van der Waals surface area (Å²) in [5.74, 6) is -8.74. The molecule has 0 unspecified atom stereocenters. The minimum absolute atomic E-state index is 0.0542. The Morgan fingerprint density at radius 3 is 2.24 bits per heavy atom. The van der Waals surface area contributed by atoms with Crippen molar-refractivity contribution in [2.45, 2.75) is 37.3 Å². The molecule has 4 aromatic rings. The Kier molecular flexibility index (Phi) is 9.60. The van der Waals surface area contributed by atoms with E-state index in [1.54, 1.807) is 18.2 Å². The molecule has 0 bridgehead atoms. The van der Waals surface area contributed by atoms with Gasteiger partial charge in [0.1, 0.15) is 0 Å². The number of anilines is 2. The lowest BCUT2D eigenvalue weighted by Crippen LogP contribution is -2.53. The van der Waals surface area contributed by atoms with Gasteiger partial charge in [0.2, 0.25) is 11.8 Å². The number of alkyl halides is 3. The summed E-state index contributed by atoms with van der Waals surface area (Å²) in [4.78, 5) is 75.8. The first-order chi connectivity index (χ1) is 27.5. The van der Waals surface area contributed by atoms with Crippen LogP contribution >= 0.6 is 34.8 Å². The highest BCUT2D eigenvalue weighted by atomic mass is 35.5. The molecular weight excluding hydrogens is 824 g/mol. The smallest absolute Gasteiger partial charge is 0.417 e. The number of methoxy groups -OCH3 is 1. The van der Waals surface area contributed by atoms with Crippen LogP contribution in [0.1, 0.15) is 52.7 Å². The summed E-state index contributed by atoms with van der Waals surface area (Å²) in [5.41, 5.74) is 1.41. The quantitative estimate of drug-likeness (QED) is 0.107. The minimum atomic E-state index is -4.78. The van der Waals surface area contributed by atoms with Crippen LogP contribution in [0.2, 0.25) is 15.1 Å². The molecular formula is C41H30Cl3F3N4O7. The van der Waals surface area contributed by atoms with Crippen LogP contribution in [0.5, 0.6) is 11.5 Å². The predicted octanol–water partition coefficient (Wildman–Crippen LogP) is 8.17. The van der Waals surface area contributed by atoms with E-state index in [0.29, 0.717) is 44.6 Å². The molecule has 0 radical (unpaired) electrons. The Morgan fingerprint density at radius 1 is 0.931 bits per heavy atom. The zero-order valence-electron chi connectivity index (χ0n) is 30.3. The molecule has 3 heterocycles. The van der Waals surface area contributed by atoms with Crippen LogP contribution in [0.15, 0.2) is 84.6 Å². The maximum atomic E-state index is 15.4. The van der Waals surface area contributed by atoms with Gasteiger partial charge in [0.25, 0.3) is 11.8 Å². The molecule has 2 saturated heterocycles. The number of ether oxygens (including phenoxy) is 1. The number of aromatic nitrogens is 1. The van der Waals surface area contributed by atoms with Gasteiger partial charge in [0.15, 0.2) is 23.1 Å². The number of hydrazine groups is 1. The standard InChI is InChI=1S/C41H30Cl3F3N4O7/c1-18(52)19-3-9-24(10-4-19)50-36(54)26-12-11-25-27(32(26)38(50)56)16-28-37(55)51(49-35-30(44)15-22(17-48-35)41(45,46)47)39(57)40(28,21-5-7-23(42)8-6-21)33(25)20-13-29(43)34(53)31(14-20)58-2/h3-11,13-15,17,26-28,32-33,53H,12,16H2,1-2H3,(H,48,49)/t26-,27+,28-,32-,33-,40+/m0/s1. The number of imide groups is 2. The number of aromatic hydroxyl groups is 1. The lowest BCUT2D eigenvalue weighted by molar-refractivity contribution is -0.139. The molecule has 1 aromatic heterocycles. The number of pyridine rings is 1. The number of allylic oxidation sites excluding steroid dienone is 2. The Balaban J connectivity index is 1.32. The van der Waals surface area contributed by atoms with Crippen LogP contribution in [-0.2, 0) is 30.8 Å². The number of hydrogen-bond acceptors (Lipinski definition) is 9. The number of nitrogens with one attached hydrogen (secondary N) is 1. The number of carbonyl (C=O) groups is 5. The van der Waals surface area contributed by atoms with Crippen molar-refractivity contribution in [3.8, 4) is 11.5 Å². The van der Waals surface area contributed by atoms with Gasteiger partial charge in [0.05, 0.1) is 51.6 Å². The lowest BCUT2D eigenvalue weighted by atomic mass is 9.49. The molecule has 58 heavy (non-hydrogen) atoms. The summed E-state index contributed by atoms with van der Waals surface area (Å²) >= 11 is 19.2. The van der Waals surface area contributed by atoms with Crippen molar-refractivity contribution in [1.29, 1.82) is 0 Å². The number of nitrogens with zero attached hydrogens (tertiary/aromatic N) is 3. The Labute approximate surface area is 343 Å². The molecule has 0 spiro atoms. The van der Waals surface area contributed by atoms with Crippen LogP contribution in [0.4, 0.5) is 24.7 Å². The molecule has 3 aromatic carbocycles. The molecule has 1 saturated carbocycles.